The van der Waals surface area contributed by atoms with Crippen LogP contribution >= 0.6 is 0 Å². The van der Waals surface area contributed by atoms with Crippen LogP contribution < -0.4 is 10.6 Å². The fourth-order valence-electron chi connectivity index (χ4n) is 1.78. The number of benzene rings is 1. The monoisotopic (exact) mass is 249 g/mol. The second-order valence-corrected chi connectivity index (χ2v) is 4.84. The van der Waals surface area contributed by atoms with Crippen LogP contribution in [-0.4, -0.2) is 38.0 Å². The summed E-state index contributed by atoms with van der Waals surface area (Å²) in [6.07, 6.45) is 1.05. The van der Waals surface area contributed by atoms with Gasteiger partial charge in [0.25, 0.3) is 5.91 Å². The van der Waals surface area contributed by atoms with Crippen molar-refractivity contribution in [3.8, 4) is 0 Å². The van der Waals surface area contributed by atoms with Gasteiger partial charge >= 0.3 is 0 Å². The standard InChI is InChI=1S/C14H23N3O/c1-6-10(2)17(5)13-8-7-11(9-12(13)15)14(18)16(3)4/h7-10H,6,15H2,1-5H3. The van der Waals surface area contributed by atoms with E-state index >= 15 is 0 Å². The summed E-state index contributed by atoms with van der Waals surface area (Å²) in [4.78, 5) is 15.5. The van der Waals surface area contributed by atoms with Gasteiger partial charge in [0.2, 0.25) is 0 Å². The summed E-state index contributed by atoms with van der Waals surface area (Å²) in [6.45, 7) is 4.29. The smallest absolute Gasteiger partial charge is 0.253 e. The molecule has 18 heavy (non-hydrogen) atoms. The maximum atomic E-state index is 11.8. The predicted octanol–water partition coefficient (Wildman–Crippen LogP) is 2.21. The Hall–Kier alpha value is -1.71. The van der Waals surface area contributed by atoms with Crippen LogP contribution in [0.25, 0.3) is 0 Å². The molecule has 1 aromatic rings. The molecular weight excluding hydrogens is 226 g/mol. The average molecular weight is 249 g/mol. The first-order chi connectivity index (χ1) is 8.38. The maximum Gasteiger partial charge on any atom is 0.253 e. The third-order valence-electron chi connectivity index (χ3n) is 3.31. The van der Waals surface area contributed by atoms with E-state index in [4.69, 9.17) is 5.73 Å². The predicted molar refractivity (Wildman–Crippen MR) is 77.0 cm³/mol. The maximum absolute atomic E-state index is 11.8. The molecule has 0 fully saturated rings. The molecule has 4 nitrogen and oxygen atoms in total. The summed E-state index contributed by atoms with van der Waals surface area (Å²) in [5.41, 5.74) is 8.28. The van der Waals surface area contributed by atoms with Gasteiger partial charge in [-0.05, 0) is 31.5 Å². The molecule has 0 aliphatic rings. The molecule has 0 bridgehead atoms. The van der Waals surface area contributed by atoms with Gasteiger partial charge in [-0.1, -0.05) is 6.92 Å². The zero-order valence-corrected chi connectivity index (χ0v) is 11.9. The molecular formula is C14H23N3O. The summed E-state index contributed by atoms with van der Waals surface area (Å²) in [5.74, 6) is -0.0283. The van der Waals surface area contributed by atoms with Crippen LogP contribution in [0.5, 0.6) is 0 Å². The van der Waals surface area contributed by atoms with E-state index in [0.717, 1.165) is 12.1 Å². The summed E-state index contributed by atoms with van der Waals surface area (Å²) in [5, 5.41) is 0. The number of rotatable bonds is 4. The van der Waals surface area contributed by atoms with Gasteiger partial charge in [0.15, 0.2) is 0 Å². The van der Waals surface area contributed by atoms with Crippen LogP contribution in [0.3, 0.4) is 0 Å². The zero-order chi connectivity index (χ0) is 13.9. The fourth-order valence-corrected chi connectivity index (χ4v) is 1.78. The van der Waals surface area contributed by atoms with E-state index < -0.39 is 0 Å². The Morgan fingerprint density at radius 3 is 2.39 bits per heavy atom. The number of amides is 1. The van der Waals surface area contributed by atoms with Crippen molar-refractivity contribution in [2.75, 3.05) is 31.8 Å². The highest BCUT2D eigenvalue weighted by atomic mass is 16.2. The lowest BCUT2D eigenvalue weighted by Gasteiger charge is -2.27. The molecule has 1 aromatic carbocycles. The first kappa shape index (κ1) is 14.4. The van der Waals surface area contributed by atoms with Gasteiger partial charge in [0, 0.05) is 32.7 Å². The number of carbonyl (C=O) groups excluding carboxylic acids is 1. The van der Waals surface area contributed by atoms with E-state index in [1.807, 2.05) is 19.2 Å². The topological polar surface area (TPSA) is 49.6 Å². The van der Waals surface area contributed by atoms with Crippen LogP contribution in [0.1, 0.15) is 30.6 Å². The lowest BCUT2D eigenvalue weighted by molar-refractivity contribution is 0.0827. The molecule has 1 atom stereocenters. The molecule has 0 spiro atoms. The van der Waals surface area contributed by atoms with Crippen LogP contribution in [0.2, 0.25) is 0 Å². The van der Waals surface area contributed by atoms with Gasteiger partial charge in [-0.2, -0.15) is 0 Å². The van der Waals surface area contributed by atoms with Crippen LogP contribution in [0.15, 0.2) is 18.2 Å². The fraction of sp³-hybridized carbons (Fsp3) is 0.500. The molecule has 0 aromatic heterocycles. The Balaban J connectivity index is 3.03. The lowest BCUT2D eigenvalue weighted by Crippen LogP contribution is -2.29. The van der Waals surface area contributed by atoms with Crippen molar-refractivity contribution >= 4 is 17.3 Å². The molecule has 0 radical (unpaired) electrons. The van der Waals surface area contributed by atoms with Gasteiger partial charge < -0.3 is 15.5 Å². The SMILES string of the molecule is CCC(C)N(C)c1ccc(C(=O)N(C)C)cc1N. The van der Waals surface area contributed by atoms with Crippen molar-refractivity contribution in [2.45, 2.75) is 26.3 Å². The quantitative estimate of drug-likeness (QED) is 0.832. The number of hydrogen-bond donors (Lipinski definition) is 1. The highest BCUT2D eigenvalue weighted by molar-refractivity contribution is 5.95. The van der Waals surface area contributed by atoms with Crippen LogP contribution in [0, 0.1) is 0 Å². The molecule has 0 aliphatic heterocycles. The minimum Gasteiger partial charge on any atom is -0.397 e. The van der Waals surface area contributed by atoms with Crippen molar-refractivity contribution in [2.24, 2.45) is 0 Å². The van der Waals surface area contributed by atoms with E-state index in [1.165, 1.54) is 0 Å². The Morgan fingerprint density at radius 1 is 1.33 bits per heavy atom. The average Bonchev–Trinajstić information content (AvgIpc) is 2.35. The van der Waals surface area contributed by atoms with E-state index in [9.17, 15) is 4.79 Å². The summed E-state index contributed by atoms with van der Waals surface area (Å²) >= 11 is 0. The van der Waals surface area contributed by atoms with Crippen molar-refractivity contribution in [3.05, 3.63) is 23.8 Å². The largest absolute Gasteiger partial charge is 0.397 e. The molecule has 100 valence electrons. The van der Waals surface area contributed by atoms with Crippen molar-refractivity contribution in [1.82, 2.24) is 4.90 Å². The normalized spacial score (nSPS) is 12.1. The molecule has 0 saturated carbocycles. The van der Waals surface area contributed by atoms with E-state index in [-0.39, 0.29) is 5.91 Å². The number of nitrogens with two attached hydrogens (primary N) is 1. The Morgan fingerprint density at radius 2 is 1.94 bits per heavy atom. The minimum atomic E-state index is -0.0283. The molecule has 4 heteroatoms. The highest BCUT2D eigenvalue weighted by Gasteiger charge is 2.14. The number of nitrogen functional groups attached to an aromatic ring is 1. The van der Waals surface area contributed by atoms with Gasteiger partial charge in [0.05, 0.1) is 11.4 Å². The second-order valence-electron chi connectivity index (χ2n) is 4.84. The number of anilines is 2. The van der Waals surface area contributed by atoms with E-state index in [0.29, 0.717) is 17.3 Å². The lowest BCUT2D eigenvalue weighted by atomic mass is 10.1. The van der Waals surface area contributed by atoms with Gasteiger partial charge in [-0.15, -0.1) is 0 Å². The molecule has 0 saturated heterocycles. The Labute approximate surface area is 109 Å². The second kappa shape index (κ2) is 5.76. The summed E-state index contributed by atoms with van der Waals surface area (Å²) in [7, 11) is 5.49. The first-order valence-corrected chi connectivity index (χ1v) is 6.22. The Kier molecular flexibility index (Phi) is 4.59. The van der Waals surface area contributed by atoms with Crippen molar-refractivity contribution in [3.63, 3.8) is 0 Å². The zero-order valence-electron chi connectivity index (χ0n) is 11.9. The van der Waals surface area contributed by atoms with Gasteiger partial charge in [-0.25, -0.2) is 0 Å². The van der Waals surface area contributed by atoms with E-state index in [1.54, 1.807) is 25.1 Å². The molecule has 1 unspecified atom stereocenters. The van der Waals surface area contributed by atoms with Gasteiger partial charge in [0.1, 0.15) is 0 Å². The number of carbonyl (C=O) groups is 1. The molecule has 0 heterocycles. The molecule has 1 amide bonds. The van der Waals surface area contributed by atoms with Crippen molar-refractivity contribution in [1.29, 1.82) is 0 Å². The number of hydrogen-bond acceptors (Lipinski definition) is 3. The minimum absolute atomic E-state index is 0.0283. The van der Waals surface area contributed by atoms with Gasteiger partial charge in [-0.3, -0.25) is 4.79 Å². The molecule has 2 N–H and O–H groups in total. The van der Waals surface area contributed by atoms with Crippen LogP contribution in [0.4, 0.5) is 11.4 Å². The van der Waals surface area contributed by atoms with E-state index in [2.05, 4.69) is 18.7 Å². The summed E-state index contributed by atoms with van der Waals surface area (Å²) in [6, 6.07) is 5.91. The third-order valence-corrected chi connectivity index (χ3v) is 3.31. The first-order valence-electron chi connectivity index (χ1n) is 6.22. The molecule has 1 rings (SSSR count). The van der Waals surface area contributed by atoms with Crippen molar-refractivity contribution < 1.29 is 4.79 Å². The Bertz CT molecular complexity index is 429. The highest BCUT2D eigenvalue weighted by Crippen LogP contribution is 2.26. The third kappa shape index (κ3) is 2.94. The number of nitrogens with zero attached hydrogens (tertiary/aromatic N) is 2. The van der Waals surface area contributed by atoms with Crippen LogP contribution in [-0.2, 0) is 0 Å². The summed E-state index contributed by atoms with van der Waals surface area (Å²) < 4.78 is 0. The molecule has 0 aliphatic carbocycles.